The maximum absolute atomic E-state index is 12.1. The van der Waals surface area contributed by atoms with E-state index in [9.17, 15) is 4.79 Å². The summed E-state index contributed by atoms with van der Waals surface area (Å²) in [5.74, 6) is 0.927. The Morgan fingerprint density at radius 3 is 2.35 bits per heavy atom. The number of hydrogen-bond acceptors (Lipinski definition) is 4. The van der Waals surface area contributed by atoms with E-state index < -0.39 is 0 Å². The normalized spacial score (nSPS) is 10.4. The number of anilines is 2. The van der Waals surface area contributed by atoms with Crippen LogP contribution in [0, 0.1) is 6.92 Å². The predicted octanol–water partition coefficient (Wildman–Crippen LogP) is 4.23. The molecule has 0 atom stereocenters. The fraction of sp³-hybridized carbons (Fsp3) is 0.150. The van der Waals surface area contributed by atoms with E-state index in [4.69, 9.17) is 11.6 Å². The van der Waals surface area contributed by atoms with Crippen LogP contribution >= 0.6 is 11.6 Å². The number of aromatic nitrogens is 2. The molecule has 0 aliphatic rings. The molecule has 0 bridgehead atoms. The van der Waals surface area contributed by atoms with E-state index in [0.29, 0.717) is 23.2 Å². The van der Waals surface area contributed by atoms with Gasteiger partial charge in [0.2, 0.25) is 5.91 Å². The van der Waals surface area contributed by atoms with E-state index in [-0.39, 0.29) is 12.3 Å². The Bertz CT molecular complexity index is 879. The number of carbonyl (C=O) groups is 1. The first-order valence-electron chi connectivity index (χ1n) is 8.26. The van der Waals surface area contributed by atoms with E-state index in [1.165, 1.54) is 11.1 Å². The van der Waals surface area contributed by atoms with E-state index in [0.717, 1.165) is 5.56 Å². The van der Waals surface area contributed by atoms with E-state index in [2.05, 4.69) is 39.9 Å². The summed E-state index contributed by atoms with van der Waals surface area (Å²) in [5.41, 5.74) is 3.31. The van der Waals surface area contributed by atoms with E-state index in [1.807, 2.05) is 24.3 Å². The number of carbonyl (C=O) groups excluding carboxylic acids is 1. The van der Waals surface area contributed by atoms with Gasteiger partial charge in [0.15, 0.2) is 5.82 Å². The SMILES string of the molecule is Cc1ccccc1CNc1ccc(NC(=O)Cc2ccc(Cl)cc2)nn1. The maximum Gasteiger partial charge on any atom is 0.229 e. The zero-order chi connectivity index (χ0) is 18.4. The monoisotopic (exact) mass is 366 g/mol. The molecule has 0 aliphatic carbocycles. The molecular weight excluding hydrogens is 348 g/mol. The Balaban J connectivity index is 1.53. The van der Waals surface area contributed by atoms with Crippen molar-refractivity contribution in [3.8, 4) is 0 Å². The molecule has 6 heteroatoms. The van der Waals surface area contributed by atoms with Gasteiger partial charge >= 0.3 is 0 Å². The Kier molecular flexibility index (Phi) is 5.81. The van der Waals surface area contributed by atoms with Crippen LogP contribution in [0.3, 0.4) is 0 Å². The molecule has 1 amide bonds. The second-order valence-corrected chi connectivity index (χ2v) is 6.37. The Morgan fingerprint density at radius 1 is 0.962 bits per heavy atom. The molecular formula is C20H19ClN4O. The molecule has 0 saturated heterocycles. The molecule has 0 spiro atoms. The minimum atomic E-state index is -0.151. The van der Waals surface area contributed by atoms with Crippen LogP contribution in [0.4, 0.5) is 11.6 Å². The molecule has 3 rings (SSSR count). The third kappa shape index (κ3) is 5.04. The molecule has 2 aromatic carbocycles. The Hall–Kier alpha value is -2.92. The van der Waals surface area contributed by atoms with Crippen molar-refractivity contribution in [2.75, 3.05) is 10.6 Å². The number of rotatable bonds is 6. The number of nitrogens with one attached hydrogen (secondary N) is 2. The number of nitrogens with zero attached hydrogens (tertiary/aromatic N) is 2. The molecule has 0 aliphatic heterocycles. The molecule has 0 saturated carbocycles. The van der Waals surface area contributed by atoms with Crippen molar-refractivity contribution in [2.24, 2.45) is 0 Å². The molecule has 1 aromatic heterocycles. The van der Waals surface area contributed by atoms with Crippen molar-refractivity contribution in [3.05, 3.63) is 82.4 Å². The highest BCUT2D eigenvalue weighted by atomic mass is 35.5. The summed E-state index contributed by atoms with van der Waals surface area (Å²) in [6, 6.07) is 18.9. The first-order chi connectivity index (χ1) is 12.6. The molecule has 2 N–H and O–H groups in total. The third-order valence-corrected chi connectivity index (χ3v) is 4.18. The van der Waals surface area contributed by atoms with Gasteiger partial charge in [0.05, 0.1) is 6.42 Å². The maximum atomic E-state index is 12.1. The first kappa shape index (κ1) is 17.9. The number of hydrogen-bond donors (Lipinski definition) is 2. The lowest BCUT2D eigenvalue weighted by Gasteiger charge is -2.08. The van der Waals surface area contributed by atoms with Crippen LogP contribution in [-0.2, 0) is 17.8 Å². The molecule has 1 heterocycles. The van der Waals surface area contributed by atoms with Crippen LogP contribution in [0.5, 0.6) is 0 Å². The van der Waals surface area contributed by atoms with Gasteiger partial charge in [-0.3, -0.25) is 4.79 Å². The number of amides is 1. The van der Waals surface area contributed by atoms with E-state index >= 15 is 0 Å². The standard InChI is InChI=1S/C20H19ClN4O/c1-14-4-2-3-5-16(14)13-22-18-10-11-19(25-24-18)23-20(26)12-15-6-8-17(21)9-7-15/h2-11H,12-13H2,1H3,(H,22,24)(H,23,25,26). The van der Waals surface area contributed by atoms with Crippen molar-refractivity contribution in [1.29, 1.82) is 0 Å². The average molecular weight is 367 g/mol. The topological polar surface area (TPSA) is 66.9 Å². The van der Waals surface area contributed by atoms with Crippen LogP contribution in [-0.4, -0.2) is 16.1 Å². The average Bonchev–Trinajstić information content (AvgIpc) is 2.64. The van der Waals surface area contributed by atoms with Gasteiger partial charge in [-0.05, 0) is 47.9 Å². The van der Waals surface area contributed by atoms with Crippen molar-refractivity contribution >= 4 is 29.1 Å². The number of aryl methyl sites for hydroxylation is 1. The molecule has 0 unspecified atom stereocenters. The van der Waals surface area contributed by atoms with Gasteiger partial charge < -0.3 is 10.6 Å². The van der Waals surface area contributed by atoms with Crippen molar-refractivity contribution in [3.63, 3.8) is 0 Å². The van der Waals surface area contributed by atoms with Crippen LogP contribution in [0.15, 0.2) is 60.7 Å². The fourth-order valence-electron chi connectivity index (χ4n) is 2.46. The number of halogens is 1. The summed E-state index contributed by atoms with van der Waals surface area (Å²) >= 11 is 5.84. The van der Waals surface area contributed by atoms with Gasteiger partial charge in [-0.25, -0.2) is 0 Å². The lowest BCUT2D eigenvalue weighted by Crippen LogP contribution is -2.16. The summed E-state index contributed by atoms with van der Waals surface area (Å²) in [6.45, 7) is 2.74. The third-order valence-electron chi connectivity index (χ3n) is 3.93. The minimum Gasteiger partial charge on any atom is -0.364 e. The molecule has 5 nitrogen and oxygen atoms in total. The molecule has 26 heavy (non-hydrogen) atoms. The Morgan fingerprint density at radius 2 is 1.65 bits per heavy atom. The number of benzene rings is 2. The highest BCUT2D eigenvalue weighted by Gasteiger charge is 2.06. The molecule has 132 valence electrons. The van der Waals surface area contributed by atoms with Crippen LogP contribution in [0.1, 0.15) is 16.7 Å². The zero-order valence-corrected chi connectivity index (χ0v) is 15.1. The zero-order valence-electron chi connectivity index (χ0n) is 14.4. The molecule has 0 radical (unpaired) electrons. The molecule has 0 fully saturated rings. The highest BCUT2D eigenvalue weighted by molar-refractivity contribution is 6.30. The second-order valence-electron chi connectivity index (χ2n) is 5.94. The van der Waals surface area contributed by atoms with Gasteiger partial charge in [0.25, 0.3) is 0 Å². The summed E-state index contributed by atoms with van der Waals surface area (Å²) < 4.78 is 0. The summed E-state index contributed by atoms with van der Waals surface area (Å²) in [6.07, 6.45) is 0.256. The highest BCUT2D eigenvalue weighted by Crippen LogP contribution is 2.13. The predicted molar refractivity (Wildman–Crippen MR) is 104 cm³/mol. The van der Waals surface area contributed by atoms with Gasteiger partial charge in [-0.2, -0.15) is 0 Å². The van der Waals surface area contributed by atoms with E-state index in [1.54, 1.807) is 24.3 Å². The van der Waals surface area contributed by atoms with Crippen molar-refractivity contribution in [2.45, 2.75) is 19.9 Å². The minimum absolute atomic E-state index is 0.151. The second kappa shape index (κ2) is 8.45. The van der Waals surface area contributed by atoms with Gasteiger partial charge in [0, 0.05) is 11.6 Å². The largest absolute Gasteiger partial charge is 0.364 e. The first-order valence-corrected chi connectivity index (χ1v) is 8.64. The fourth-order valence-corrected chi connectivity index (χ4v) is 2.59. The van der Waals surface area contributed by atoms with Crippen molar-refractivity contribution < 1.29 is 4.79 Å². The lowest BCUT2D eigenvalue weighted by atomic mass is 10.1. The van der Waals surface area contributed by atoms with Crippen LogP contribution in [0.25, 0.3) is 0 Å². The summed E-state index contributed by atoms with van der Waals surface area (Å²) in [4.78, 5) is 12.1. The van der Waals surface area contributed by atoms with Gasteiger partial charge in [-0.1, -0.05) is 48.0 Å². The quantitative estimate of drug-likeness (QED) is 0.685. The Labute approximate surface area is 157 Å². The summed E-state index contributed by atoms with van der Waals surface area (Å²) in [5, 5.41) is 14.8. The molecule has 3 aromatic rings. The van der Waals surface area contributed by atoms with Gasteiger partial charge in [-0.15, -0.1) is 10.2 Å². The van der Waals surface area contributed by atoms with Crippen molar-refractivity contribution in [1.82, 2.24) is 10.2 Å². The van der Waals surface area contributed by atoms with Gasteiger partial charge in [0.1, 0.15) is 5.82 Å². The lowest BCUT2D eigenvalue weighted by molar-refractivity contribution is -0.115. The smallest absolute Gasteiger partial charge is 0.229 e. The van der Waals surface area contributed by atoms with Crippen LogP contribution in [0.2, 0.25) is 5.02 Å². The van der Waals surface area contributed by atoms with Crippen LogP contribution < -0.4 is 10.6 Å². The summed E-state index contributed by atoms with van der Waals surface area (Å²) in [7, 11) is 0.